The molecule has 3 N–H and O–H groups in total. The molecule has 0 radical (unpaired) electrons. The smallest absolute Gasteiger partial charge is 0.407 e. The molecule has 0 fully saturated rings. The molecule has 0 spiro atoms. The molecule has 0 saturated carbocycles. The first-order chi connectivity index (χ1) is 23.0. The van der Waals surface area contributed by atoms with E-state index in [0.717, 1.165) is 42.4 Å². The number of hydrogen-bond acceptors (Lipinski definition) is 7. The predicted octanol–water partition coefficient (Wildman–Crippen LogP) is 9.75. The lowest BCUT2D eigenvalue weighted by Crippen LogP contribution is -2.32. The standard InChI is InChI=1S/C38H59N7O2/c1-5-7-8-9-10-11-12-13-14-15-16-17-18-19-20-24-27-39-38(46)47-29-33(6-2)42-37-43-35(40-28-32-25-22-21-23-26-32)34-36(44-37)45(30-41-34)31(3)4/h10-11,13-14,21-23,25-26,30-31,33H,5-9,12,15-20,24,27-29H2,1-4H3,(H,39,46)(H2,40,42,43,44)/b11-10-,14-13-/t33-/m1/s1. The van der Waals surface area contributed by atoms with E-state index in [4.69, 9.17) is 14.7 Å². The normalized spacial score (nSPS) is 12.4. The van der Waals surface area contributed by atoms with Gasteiger partial charge in [0.2, 0.25) is 5.95 Å². The zero-order chi connectivity index (χ0) is 33.5. The maximum atomic E-state index is 12.4. The van der Waals surface area contributed by atoms with Crippen LogP contribution in [0.25, 0.3) is 11.2 Å². The second-order valence-electron chi connectivity index (χ2n) is 12.5. The Labute approximate surface area is 283 Å². The molecule has 1 aromatic carbocycles. The van der Waals surface area contributed by atoms with Crippen molar-refractivity contribution in [2.45, 2.75) is 130 Å². The molecule has 9 heteroatoms. The third-order valence-corrected chi connectivity index (χ3v) is 8.17. The number of imidazole rings is 1. The molecule has 9 nitrogen and oxygen atoms in total. The molecule has 1 atom stereocenters. The summed E-state index contributed by atoms with van der Waals surface area (Å²) < 4.78 is 7.59. The number of anilines is 2. The van der Waals surface area contributed by atoms with E-state index in [1.165, 1.54) is 57.8 Å². The first-order valence-electron chi connectivity index (χ1n) is 18.0. The average molecular weight is 646 g/mol. The van der Waals surface area contributed by atoms with Crippen LogP contribution in [0.3, 0.4) is 0 Å². The molecule has 47 heavy (non-hydrogen) atoms. The van der Waals surface area contributed by atoms with E-state index in [0.29, 0.717) is 24.9 Å². The van der Waals surface area contributed by atoms with Gasteiger partial charge in [-0.25, -0.2) is 9.78 Å². The number of aromatic nitrogens is 4. The second kappa shape index (κ2) is 22.6. The number of carbonyl (C=O) groups is 1. The summed E-state index contributed by atoms with van der Waals surface area (Å²) in [4.78, 5) is 26.5. The minimum atomic E-state index is -0.382. The number of alkyl carbamates (subject to hydrolysis) is 1. The van der Waals surface area contributed by atoms with Gasteiger partial charge in [0.1, 0.15) is 6.61 Å². The fourth-order valence-corrected chi connectivity index (χ4v) is 5.24. The van der Waals surface area contributed by atoms with Gasteiger partial charge in [0.05, 0.1) is 12.4 Å². The highest BCUT2D eigenvalue weighted by atomic mass is 16.5. The Morgan fingerprint density at radius 1 is 0.894 bits per heavy atom. The highest BCUT2D eigenvalue weighted by Crippen LogP contribution is 2.24. The topological polar surface area (TPSA) is 106 Å². The number of carbonyl (C=O) groups excluding carboxylic acids is 1. The number of nitrogens with one attached hydrogen (secondary N) is 3. The maximum Gasteiger partial charge on any atom is 0.407 e. The third-order valence-electron chi connectivity index (χ3n) is 8.17. The number of ether oxygens (including phenoxy) is 1. The predicted molar refractivity (Wildman–Crippen MR) is 196 cm³/mol. The Hall–Kier alpha value is -3.88. The summed E-state index contributed by atoms with van der Waals surface area (Å²) in [6, 6.07) is 10.3. The lowest BCUT2D eigenvalue weighted by atomic mass is 10.1. The highest BCUT2D eigenvalue weighted by molar-refractivity contribution is 5.84. The van der Waals surface area contributed by atoms with E-state index in [1.54, 1.807) is 6.33 Å². The number of amides is 1. The quantitative estimate of drug-likeness (QED) is 0.0658. The number of allylic oxidation sites excluding steroid dienone is 4. The van der Waals surface area contributed by atoms with Gasteiger partial charge in [0.25, 0.3) is 0 Å². The Morgan fingerprint density at radius 3 is 2.30 bits per heavy atom. The number of unbranched alkanes of at least 4 members (excludes halogenated alkanes) is 9. The summed E-state index contributed by atoms with van der Waals surface area (Å²) in [6.07, 6.45) is 25.8. The molecule has 3 rings (SSSR count). The monoisotopic (exact) mass is 645 g/mol. The molecule has 0 aliphatic heterocycles. The SMILES string of the molecule is CCCCC/C=C\C/C=C\CCCCCCCCNC(=O)OC[C@@H](CC)Nc1nc(NCc2ccccc2)c2ncn(C(C)C)c2n1. The van der Waals surface area contributed by atoms with E-state index in [-0.39, 0.29) is 24.8 Å². The van der Waals surface area contributed by atoms with E-state index in [9.17, 15) is 4.79 Å². The molecule has 0 aliphatic carbocycles. The molecule has 0 bridgehead atoms. The second-order valence-corrected chi connectivity index (χ2v) is 12.5. The zero-order valence-corrected chi connectivity index (χ0v) is 29.3. The van der Waals surface area contributed by atoms with Gasteiger partial charge in [0.15, 0.2) is 17.0 Å². The molecule has 3 aromatic rings. The first kappa shape index (κ1) is 37.6. The summed E-state index contributed by atoms with van der Waals surface area (Å²) in [6.45, 7) is 9.98. The van der Waals surface area contributed by atoms with Crippen molar-refractivity contribution in [2.24, 2.45) is 0 Å². The van der Waals surface area contributed by atoms with E-state index < -0.39 is 0 Å². The summed E-state index contributed by atoms with van der Waals surface area (Å²) in [7, 11) is 0. The lowest BCUT2D eigenvalue weighted by Gasteiger charge is -2.18. The molecule has 2 heterocycles. The van der Waals surface area contributed by atoms with Crippen LogP contribution in [0.2, 0.25) is 0 Å². The number of hydrogen-bond donors (Lipinski definition) is 3. The van der Waals surface area contributed by atoms with Gasteiger partial charge < -0.3 is 25.3 Å². The Balaban J connectivity index is 1.32. The van der Waals surface area contributed by atoms with Crippen LogP contribution in [-0.4, -0.2) is 44.8 Å². The van der Waals surface area contributed by atoms with Gasteiger partial charge >= 0.3 is 6.09 Å². The van der Waals surface area contributed by atoms with Crippen LogP contribution in [0.5, 0.6) is 0 Å². The third kappa shape index (κ3) is 14.6. The Bertz CT molecular complexity index is 1340. The summed E-state index contributed by atoms with van der Waals surface area (Å²) in [5.74, 6) is 1.15. The first-order valence-corrected chi connectivity index (χ1v) is 18.0. The number of benzene rings is 1. The van der Waals surface area contributed by atoms with Gasteiger partial charge in [-0.3, -0.25) is 0 Å². The lowest BCUT2D eigenvalue weighted by molar-refractivity contribution is 0.140. The summed E-state index contributed by atoms with van der Waals surface area (Å²) >= 11 is 0. The number of nitrogens with zero attached hydrogens (tertiary/aromatic N) is 4. The number of fused-ring (bicyclic) bond motifs is 1. The van der Waals surface area contributed by atoms with Crippen LogP contribution in [0.4, 0.5) is 16.6 Å². The van der Waals surface area contributed by atoms with Crippen molar-refractivity contribution in [1.82, 2.24) is 24.8 Å². The molecule has 0 aliphatic rings. The van der Waals surface area contributed by atoms with Gasteiger partial charge in [0, 0.05) is 19.1 Å². The van der Waals surface area contributed by atoms with Crippen molar-refractivity contribution in [3.05, 3.63) is 66.5 Å². The number of rotatable bonds is 24. The van der Waals surface area contributed by atoms with E-state index in [1.807, 2.05) is 22.8 Å². The van der Waals surface area contributed by atoms with Crippen molar-refractivity contribution < 1.29 is 9.53 Å². The highest BCUT2D eigenvalue weighted by Gasteiger charge is 2.17. The zero-order valence-electron chi connectivity index (χ0n) is 29.3. The summed E-state index contributed by atoms with van der Waals surface area (Å²) in [5.41, 5.74) is 2.64. The molecule has 2 aromatic heterocycles. The average Bonchev–Trinajstić information content (AvgIpc) is 3.52. The molecule has 0 saturated heterocycles. The van der Waals surface area contributed by atoms with Crippen LogP contribution in [0, 0.1) is 0 Å². The fraction of sp³-hybridized carbons (Fsp3) is 0.579. The van der Waals surface area contributed by atoms with Crippen molar-refractivity contribution in [3.8, 4) is 0 Å². The van der Waals surface area contributed by atoms with Gasteiger partial charge in [-0.2, -0.15) is 9.97 Å². The Morgan fingerprint density at radius 2 is 1.60 bits per heavy atom. The molecule has 1 amide bonds. The van der Waals surface area contributed by atoms with E-state index >= 15 is 0 Å². The van der Waals surface area contributed by atoms with Crippen molar-refractivity contribution in [1.29, 1.82) is 0 Å². The molecular formula is C38H59N7O2. The van der Waals surface area contributed by atoms with Gasteiger partial charge in [-0.15, -0.1) is 0 Å². The molecule has 258 valence electrons. The van der Waals surface area contributed by atoms with Crippen molar-refractivity contribution in [2.75, 3.05) is 23.8 Å². The van der Waals surface area contributed by atoms with Crippen LogP contribution in [0.1, 0.15) is 123 Å². The molecule has 0 unspecified atom stereocenters. The molecular weight excluding hydrogens is 586 g/mol. The minimum absolute atomic E-state index is 0.127. The van der Waals surface area contributed by atoms with Crippen LogP contribution in [0.15, 0.2) is 61.0 Å². The van der Waals surface area contributed by atoms with Gasteiger partial charge in [-0.05, 0) is 64.4 Å². The summed E-state index contributed by atoms with van der Waals surface area (Å²) in [5, 5.41) is 9.72. The van der Waals surface area contributed by atoms with Crippen LogP contribution >= 0.6 is 0 Å². The maximum absolute atomic E-state index is 12.4. The van der Waals surface area contributed by atoms with E-state index in [2.05, 4.69) is 85.1 Å². The Kier molecular flexibility index (Phi) is 18.1. The van der Waals surface area contributed by atoms with Crippen LogP contribution < -0.4 is 16.0 Å². The fourth-order valence-electron chi connectivity index (χ4n) is 5.24. The van der Waals surface area contributed by atoms with Crippen molar-refractivity contribution >= 4 is 29.0 Å². The van der Waals surface area contributed by atoms with Crippen LogP contribution in [-0.2, 0) is 11.3 Å². The van der Waals surface area contributed by atoms with Gasteiger partial charge in [-0.1, -0.05) is 107 Å². The largest absolute Gasteiger partial charge is 0.447 e. The minimum Gasteiger partial charge on any atom is -0.447 e. The van der Waals surface area contributed by atoms with Crippen molar-refractivity contribution in [3.63, 3.8) is 0 Å².